The van der Waals surface area contributed by atoms with Gasteiger partial charge in [-0.15, -0.1) is 0 Å². The van der Waals surface area contributed by atoms with Crippen LogP contribution in [0.15, 0.2) is 18.3 Å². The van der Waals surface area contributed by atoms with Crippen molar-refractivity contribution in [2.75, 3.05) is 18.6 Å². The second kappa shape index (κ2) is 4.85. The van der Waals surface area contributed by atoms with Gasteiger partial charge in [-0.05, 0) is 18.6 Å². The maximum absolute atomic E-state index is 12.1. The Morgan fingerprint density at radius 1 is 1.56 bits per heavy atom. The largest absolute Gasteiger partial charge is 0.338 e. The average Bonchev–Trinajstić information content (AvgIpc) is 2.68. The van der Waals surface area contributed by atoms with E-state index in [-0.39, 0.29) is 28.6 Å². The SMILES string of the molecule is CN(C(=O)c1ccnc(Cl)c1)[C@H]1CCS(=O)(=O)C1. The molecule has 1 atom stereocenters. The molecule has 0 saturated carbocycles. The summed E-state index contributed by atoms with van der Waals surface area (Å²) in [6.07, 6.45) is 1.94. The topological polar surface area (TPSA) is 67.3 Å². The number of rotatable bonds is 2. The molecule has 1 aromatic rings. The molecule has 1 aliphatic heterocycles. The average molecular weight is 289 g/mol. The maximum Gasteiger partial charge on any atom is 0.254 e. The molecular formula is C11H13ClN2O3S. The molecule has 2 heterocycles. The lowest BCUT2D eigenvalue weighted by atomic mass is 10.2. The van der Waals surface area contributed by atoms with Crippen molar-refractivity contribution in [2.24, 2.45) is 0 Å². The van der Waals surface area contributed by atoms with Crippen molar-refractivity contribution in [3.8, 4) is 0 Å². The predicted molar refractivity (Wildman–Crippen MR) is 68.4 cm³/mol. The van der Waals surface area contributed by atoms with Crippen molar-refractivity contribution in [3.63, 3.8) is 0 Å². The highest BCUT2D eigenvalue weighted by molar-refractivity contribution is 7.91. The summed E-state index contributed by atoms with van der Waals surface area (Å²) in [6.45, 7) is 0. The predicted octanol–water partition coefficient (Wildman–Crippen LogP) is 0.994. The Labute approximate surface area is 111 Å². The minimum atomic E-state index is -3.00. The maximum atomic E-state index is 12.1. The molecule has 0 aromatic carbocycles. The summed E-state index contributed by atoms with van der Waals surface area (Å²) in [4.78, 5) is 17.4. The molecule has 1 fully saturated rings. The summed E-state index contributed by atoms with van der Waals surface area (Å²) >= 11 is 5.72. The molecule has 0 radical (unpaired) electrons. The third kappa shape index (κ3) is 2.81. The van der Waals surface area contributed by atoms with Crippen LogP contribution in [-0.4, -0.2) is 48.8 Å². The monoisotopic (exact) mass is 288 g/mol. The summed E-state index contributed by atoms with van der Waals surface area (Å²) in [6, 6.07) is 2.78. The van der Waals surface area contributed by atoms with E-state index in [2.05, 4.69) is 4.98 Å². The van der Waals surface area contributed by atoms with Gasteiger partial charge >= 0.3 is 0 Å². The molecule has 2 rings (SSSR count). The summed E-state index contributed by atoms with van der Waals surface area (Å²) < 4.78 is 22.8. The van der Waals surface area contributed by atoms with Crippen LogP contribution >= 0.6 is 11.6 Å². The zero-order valence-electron chi connectivity index (χ0n) is 9.84. The van der Waals surface area contributed by atoms with E-state index < -0.39 is 9.84 Å². The van der Waals surface area contributed by atoms with Gasteiger partial charge < -0.3 is 4.90 Å². The minimum Gasteiger partial charge on any atom is -0.338 e. The van der Waals surface area contributed by atoms with Gasteiger partial charge in [0.2, 0.25) is 0 Å². The first-order chi connectivity index (χ1) is 8.39. The molecular weight excluding hydrogens is 276 g/mol. The molecule has 98 valence electrons. The molecule has 1 aromatic heterocycles. The zero-order valence-corrected chi connectivity index (χ0v) is 11.4. The lowest BCUT2D eigenvalue weighted by Crippen LogP contribution is -2.37. The van der Waals surface area contributed by atoms with Crippen molar-refractivity contribution in [1.29, 1.82) is 0 Å². The molecule has 18 heavy (non-hydrogen) atoms. The van der Waals surface area contributed by atoms with Crippen LogP contribution < -0.4 is 0 Å². The Morgan fingerprint density at radius 3 is 2.83 bits per heavy atom. The number of halogens is 1. The van der Waals surface area contributed by atoms with Crippen LogP contribution in [0.5, 0.6) is 0 Å². The Bertz CT molecular complexity index is 573. The summed E-state index contributed by atoms with van der Waals surface area (Å²) in [5.74, 6) is -0.0538. The van der Waals surface area contributed by atoms with Gasteiger partial charge in [0.15, 0.2) is 9.84 Å². The zero-order chi connectivity index (χ0) is 13.3. The van der Waals surface area contributed by atoms with Crippen LogP contribution in [-0.2, 0) is 9.84 Å². The fraction of sp³-hybridized carbons (Fsp3) is 0.455. The first kappa shape index (κ1) is 13.3. The quantitative estimate of drug-likeness (QED) is 0.761. The minimum absolute atomic E-state index is 0.0358. The van der Waals surface area contributed by atoms with Crippen LogP contribution in [0.4, 0.5) is 0 Å². The number of aromatic nitrogens is 1. The highest BCUT2D eigenvalue weighted by Gasteiger charge is 2.33. The molecule has 1 amide bonds. The van der Waals surface area contributed by atoms with Crippen LogP contribution in [0, 0.1) is 0 Å². The van der Waals surface area contributed by atoms with Gasteiger partial charge in [-0.2, -0.15) is 0 Å². The molecule has 0 N–H and O–H groups in total. The second-order valence-electron chi connectivity index (χ2n) is 4.34. The number of pyridine rings is 1. The molecule has 0 spiro atoms. The molecule has 7 heteroatoms. The van der Waals surface area contributed by atoms with E-state index in [4.69, 9.17) is 11.6 Å². The summed E-state index contributed by atoms with van der Waals surface area (Å²) in [7, 11) is -1.38. The van der Waals surface area contributed by atoms with E-state index in [1.54, 1.807) is 13.1 Å². The molecule has 5 nitrogen and oxygen atoms in total. The van der Waals surface area contributed by atoms with E-state index in [0.717, 1.165) is 0 Å². The number of sulfone groups is 1. The number of carbonyl (C=O) groups is 1. The Kier molecular flexibility index (Phi) is 3.59. The molecule has 0 unspecified atom stereocenters. The van der Waals surface area contributed by atoms with Gasteiger partial charge in [0.1, 0.15) is 5.15 Å². The van der Waals surface area contributed by atoms with Gasteiger partial charge in [0.25, 0.3) is 5.91 Å². The van der Waals surface area contributed by atoms with Crippen molar-refractivity contribution in [2.45, 2.75) is 12.5 Å². The van der Waals surface area contributed by atoms with E-state index in [9.17, 15) is 13.2 Å². The van der Waals surface area contributed by atoms with Crippen molar-refractivity contribution >= 4 is 27.3 Å². The Morgan fingerprint density at radius 2 is 2.28 bits per heavy atom. The van der Waals surface area contributed by atoms with Crippen LogP contribution in [0.25, 0.3) is 0 Å². The third-order valence-corrected chi connectivity index (χ3v) is 5.01. The Hall–Kier alpha value is -1.14. The van der Waals surface area contributed by atoms with Crippen molar-refractivity contribution < 1.29 is 13.2 Å². The standard InChI is InChI=1S/C11H13ClN2O3S/c1-14(9-3-5-18(16,17)7-9)11(15)8-2-4-13-10(12)6-8/h2,4,6,9H,3,5,7H2,1H3/t9-/m0/s1. The van der Waals surface area contributed by atoms with E-state index in [0.29, 0.717) is 12.0 Å². The Balaban J connectivity index is 2.15. The second-order valence-corrected chi connectivity index (χ2v) is 6.96. The fourth-order valence-corrected chi connectivity index (χ4v) is 3.93. The number of amides is 1. The smallest absolute Gasteiger partial charge is 0.254 e. The number of carbonyl (C=O) groups excluding carboxylic acids is 1. The molecule has 1 saturated heterocycles. The molecule has 1 aliphatic rings. The third-order valence-electron chi connectivity index (χ3n) is 3.05. The van der Waals surface area contributed by atoms with E-state index >= 15 is 0 Å². The van der Waals surface area contributed by atoms with Gasteiger partial charge in [-0.25, -0.2) is 13.4 Å². The number of hydrogen-bond acceptors (Lipinski definition) is 4. The lowest BCUT2D eigenvalue weighted by Gasteiger charge is -2.23. The van der Waals surface area contributed by atoms with Crippen molar-refractivity contribution in [1.82, 2.24) is 9.88 Å². The van der Waals surface area contributed by atoms with Crippen LogP contribution in [0.2, 0.25) is 5.15 Å². The summed E-state index contributed by atoms with van der Waals surface area (Å²) in [5.41, 5.74) is 0.418. The molecule has 0 aliphatic carbocycles. The molecule has 0 bridgehead atoms. The highest BCUT2D eigenvalue weighted by atomic mass is 35.5. The lowest BCUT2D eigenvalue weighted by molar-refractivity contribution is 0.0747. The normalized spacial score (nSPS) is 21.8. The van der Waals surface area contributed by atoms with Crippen molar-refractivity contribution in [3.05, 3.63) is 29.0 Å². The van der Waals surface area contributed by atoms with Gasteiger partial charge in [0.05, 0.1) is 11.5 Å². The first-order valence-corrected chi connectivity index (χ1v) is 7.68. The number of hydrogen-bond donors (Lipinski definition) is 0. The highest BCUT2D eigenvalue weighted by Crippen LogP contribution is 2.19. The van der Waals surface area contributed by atoms with Gasteiger partial charge in [-0.3, -0.25) is 4.79 Å². The van der Waals surface area contributed by atoms with Crippen LogP contribution in [0.1, 0.15) is 16.8 Å². The van der Waals surface area contributed by atoms with E-state index in [1.807, 2.05) is 0 Å². The van der Waals surface area contributed by atoms with E-state index in [1.165, 1.54) is 17.2 Å². The summed E-state index contributed by atoms with van der Waals surface area (Å²) in [5, 5.41) is 0.244. The fourth-order valence-electron chi connectivity index (χ4n) is 1.99. The van der Waals surface area contributed by atoms with Gasteiger partial charge in [0, 0.05) is 24.8 Å². The first-order valence-electron chi connectivity index (χ1n) is 5.48. The number of nitrogens with zero attached hydrogens (tertiary/aromatic N) is 2. The van der Waals surface area contributed by atoms with Gasteiger partial charge in [-0.1, -0.05) is 11.6 Å². The van der Waals surface area contributed by atoms with Crippen LogP contribution in [0.3, 0.4) is 0 Å².